The van der Waals surface area contributed by atoms with Crippen LogP contribution in [0.3, 0.4) is 0 Å². The lowest BCUT2D eigenvalue weighted by Gasteiger charge is -2.37. The number of anilines is 1. The van der Waals surface area contributed by atoms with Gasteiger partial charge in [0.2, 0.25) is 5.95 Å². The lowest BCUT2D eigenvalue weighted by Crippen LogP contribution is -2.38. The summed E-state index contributed by atoms with van der Waals surface area (Å²) in [5.41, 5.74) is 1.64. The molecule has 4 rings (SSSR count). The Morgan fingerprint density at radius 1 is 1.28 bits per heavy atom. The van der Waals surface area contributed by atoms with E-state index in [4.69, 9.17) is 4.74 Å². The number of nitro groups is 1. The van der Waals surface area contributed by atoms with Crippen molar-refractivity contribution in [2.45, 2.75) is 59.1 Å². The fraction of sp³-hybridized carbons (Fsp3) is 0.545. The van der Waals surface area contributed by atoms with Crippen molar-refractivity contribution in [3.8, 4) is 0 Å². The van der Waals surface area contributed by atoms with Gasteiger partial charge in [0.1, 0.15) is 12.1 Å². The highest BCUT2D eigenvalue weighted by molar-refractivity contribution is 5.92. The summed E-state index contributed by atoms with van der Waals surface area (Å²) >= 11 is 0. The SMILES string of the molecule is CC1=C(C(=O)OC2CC(C)CCC2C(C)C)C(c2ccc([N+](=O)[O-])cc2)n2nnnc2N1. The molecule has 10 heteroatoms. The Morgan fingerprint density at radius 3 is 2.66 bits per heavy atom. The van der Waals surface area contributed by atoms with Gasteiger partial charge in [-0.05, 0) is 65.6 Å². The highest BCUT2D eigenvalue weighted by atomic mass is 16.6. The molecule has 1 aliphatic heterocycles. The van der Waals surface area contributed by atoms with Gasteiger partial charge in [0.15, 0.2) is 0 Å². The van der Waals surface area contributed by atoms with Gasteiger partial charge < -0.3 is 10.1 Å². The number of nitro benzene ring substituents is 1. The predicted octanol–water partition coefficient (Wildman–Crippen LogP) is 3.87. The number of hydrogen-bond donors (Lipinski definition) is 1. The number of tetrazole rings is 1. The third-order valence-corrected chi connectivity index (χ3v) is 6.57. The normalized spacial score (nSPS) is 25.3. The van der Waals surface area contributed by atoms with Crippen LogP contribution in [-0.4, -0.2) is 37.2 Å². The molecule has 2 heterocycles. The highest BCUT2D eigenvalue weighted by Crippen LogP contribution is 2.39. The molecule has 32 heavy (non-hydrogen) atoms. The molecule has 0 radical (unpaired) electrons. The van der Waals surface area contributed by atoms with Crippen molar-refractivity contribution >= 4 is 17.6 Å². The van der Waals surface area contributed by atoms with Crippen LogP contribution in [-0.2, 0) is 9.53 Å². The van der Waals surface area contributed by atoms with Crippen molar-refractivity contribution in [1.29, 1.82) is 0 Å². The lowest BCUT2D eigenvalue weighted by molar-refractivity contribution is -0.384. The number of hydrogen-bond acceptors (Lipinski definition) is 8. The van der Waals surface area contributed by atoms with Gasteiger partial charge in [0, 0.05) is 17.8 Å². The Labute approximate surface area is 186 Å². The molecule has 170 valence electrons. The zero-order valence-corrected chi connectivity index (χ0v) is 18.7. The average Bonchev–Trinajstić information content (AvgIpc) is 3.20. The third kappa shape index (κ3) is 4.09. The van der Waals surface area contributed by atoms with Crippen LogP contribution in [0.5, 0.6) is 0 Å². The average molecular weight is 441 g/mol. The maximum atomic E-state index is 13.5. The Bertz CT molecular complexity index is 1040. The molecule has 1 aliphatic carbocycles. The molecule has 0 bridgehead atoms. The Morgan fingerprint density at radius 2 is 2.00 bits per heavy atom. The van der Waals surface area contributed by atoms with Gasteiger partial charge >= 0.3 is 5.97 Å². The second-order valence-corrected chi connectivity index (χ2v) is 9.13. The van der Waals surface area contributed by atoms with Crippen LogP contribution in [0.1, 0.15) is 58.6 Å². The van der Waals surface area contributed by atoms with E-state index < -0.39 is 16.9 Å². The summed E-state index contributed by atoms with van der Waals surface area (Å²) in [7, 11) is 0. The zero-order valence-electron chi connectivity index (χ0n) is 18.7. The number of aromatic nitrogens is 4. The van der Waals surface area contributed by atoms with Crippen molar-refractivity contribution in [3.05, 3.63) is 51.2 Å². The molecule has 1 aromatic carbocycles. The summed E-state index contributed by atoms with van der Waals surface area (Å²) in [5, 5.41) is 25.9. The first-order chi connectivity index (χ1) is 15.3. The fourth-order valence-electron chi connectivity index (χ4n) is 4.81. The molecular formula is C22H28N6O4. The minimum atomic E-state index is -0.645. The van der Waals surface area contributed by atoms with E-state index in [0.717, 1.165) is 19.3 Å². The summed E-state index contributed by atoms with van der Waals surface area (Å²) in [6.45, 7) is 8.32. The van der Waals surface area contributed by atoms with Crippen molar-refractivity contribution in [2.24, 2.45) is 17.8 Å². The standard InChI is InChI=1S/C22H28N6O4/c1-12(2)17-10-5-13(3)11-18(17)32-21(29)19-14(4)23-22-24-25-26-27(22)20(19)15-6-8-16(9-7-15)28(30)31/h6-9,12-13,17-18,20H,5,10-11H2,1-4H3,(H,23,24,26). The monoisotopic (exact) mass is 440 g/mol. The van der Waals surface area contributed by atoms with E-state index in [1.165, 1.54) is 16.8 Å². The van der Waals surface area contributed by atoms with E-state index in [2.05, 4.69) is 41.6 Å². The Hall–Kier alpha value is -3.30. The van der Waals surface area contributed by atoms with Crippen molar-refractivity contribution < 1.29 is 14.5 Å². The quantitative estimate of drug-likeness (QED) is 0.422. The number of allylic oxidation sites excluding steroid dienone is 1. The minimum Gasteiger partial charge on any atom is -0.459 e. The molecule has 1 fully saturated rings. The van der Waals surface area contributed by atoms with Crippen molar-refractivity contribution in [1.82, 2.24) is 20.2 Å². The van der Waals surface area contributed by atoms with E-state index in [9.17, 15) is 14.9 Å². The summed E-state index contributed by atoms with van der Waals surface area (Å²) in [6, 6.07) is 5.43. The molecule has 1 aromatic heterocycles. The summed E-state index contributed by atoms with van der Waals surface area (Å²) in [6.07, 6.45) is 2.86. The minimum absolute atomic E-state index is 0.0274. The van der Waals surface area contributed by atoms with Crippen LogP contribution in [0, 0.1) is 27.9 Å². The smallest absolute Gasteiger partial charge is 0.338 e. The van der Waals surface area contributed by atoms with E-state index in [1.54, 1.807) is 19.1 Å². The first-order valence-corrected chi connectivity index (χ1v) is 11.0. The topological polar surface area (TPSA) is 125 Å². The van der Waals surface area contributed by atoms with Gasteiger partial charge in [0.05, 0.1) is 10.5 Å². The number of benzene rings is 1. The second-order valence-electron chi connectivity index (χ2n) is 9.13. The van der Waals surface area contributed by atoms with Crippen molar-refractivity contribution in [3.63, 3.8) is 0 Å². The number of rotatable bonds is 5. The second kappa shape index (κ2) is 8.68. The van der Waals surface area contributed by atoms with Crippen molar-refractivity contribution in [2.75, 3.05) is 5.32 Å². The van der Waals surface area contributed by atoms with Crippen LogP contribution in [0.25, 0.3) is 0 Å². The molecule has 2 aromatic rings. The van der Waals surface area contributed by atoms with Gasteiger partial charge in [-0.15, -0.1) is 0 Å². The van der Waals surface area contributed by atoms with E-state index in [1.807, 2.05) is 0 Å². The lowest BCUT2D eigenvalue weighted by atomic mass is 9.75. The van der Waals surface area contributed by atoms with Gasteiger partial charge in [-0.25, -0.2) is 4.79 Å². The van der Waals surface area contributed by atoms with Gasteiger partial charge in [-0.1, -0.05) is 32.3 Å². The Kier molecular flexibility index (Phi) is 5.94. The first-order valence-electron chi connectivity index (χ1n) is 11.0. The van der Waals surface area contributed by atoms with Crippen LogP contribution >= 0.6 is 0 Å². The molecule has 1 saturated carbocycles. The first kappa shape index (κ1) is 21.9. The largest absolute Gasteiger partial charge is 0.459 e. The molecule has 4 unspecified atom stereocenters. The third-order valence-electron chi connectivity index (χ3n) is 6.57. The molecule has 2 aliphatic rings. The summed E-state index contributed by atoms with van der Waals surface area (Å²) in [5.74, 6) is 1.21. The molecule has 4 atom stereocenters. The molecule has 1 N–H and O–H groups in total. The predicted molar refractivity (Wildman–Crippen MR) is 117 cm³/mol. The summed E-state index contributed by atoms with van der Waals surface area (Å²) in [4.78, 5) is 24.2. The maximum absolute atomic E-state index is 13.5. The van der Waals surface area contributed by atoms with Crippen LogP contribution < -0.4 is 5.32 Å². The number of ether oxygens (including phenoxy) is 1. The van der Waals surface area contributed by atoms with E-state index in [0.29, 0.717) is 40.5 Å². The molecule has 10 nitrogen and oxygen atoms in total. The number of carbonyl (C=O) groups is 1. The fourth-order valence-corrected chi connectivity index (χ4v) is 4.81. The van der Waals surface area contributed by atoms with Crippen LogP contribution in [0.15, 0.2) is 35.5 Å². The number of carbonyl (C=O) groups excluding carboxylic acids is 1. The van der Waals surface area contributed by atoms with E-state index >= 15 is 0 Å². The number of nitrogens with one attached hydrogen (secondary N) is 1. The highest BCUT2D eigenvalue weighted by Gasteiger charge is 2.39. The van der Waals surface area contributed by atoms with Crippen LogP contribution in [0.2, 0.25) is 0 Å². The van der Waals surface area contributed by atoms with Gasteiger partial charge in [-0.2, -0.15) is 4.68 Å². The molecule has 0 amide bonds. The number of non-ortho nitro benzene ring substituents is 1. The molecular weight excluding hydrogens is 412 g/mol. The van der Waals surface area contributed by atoms with Gasteiger partial charge in [-0.3, -0.25) is 10.1 Å². The number of fused-ring (bicyclic) bond motifs is 1. The number of nitrogens with zero attached hydrogens (tertiary/aromatic N) is 5. The molecule has 0 saturated heterocycles. The summed E-state index contributed by atoms with van der Waals surface area (Å²) < 4.78 is 7.63. The maximum Gasteiger partial charge on any atom is 0.338 e. The Balaban J connectivity index is 1.68. The van der Waals surface area contributed by atoms with E-state index in [-0.39, 0.29) is 11.8 Å². The zero-order chi connectivity index (χ0) is 23.0. The van der Waals surface area contributed by atoms with Crippen LogP contribution in [0.4, 0.5) is 11.6 Å². The number of esters is 1. The van der Waals surface area contributed by atoms with Gasteiger partial charge in [0.25, 0.3) is 5.69 Å². The molecule has 0 spiro atoms.